The van der Waals surface area contributed by atoms with Crippen LogP contribution in [-0.2, 0) is 23.1 Å². The number of carbonyl (C=O) groups excluding carboxylic acids is 1. The number of halogens is 9. The molecule has 0 saturated heterocycles. The quantitative estimate of drug-likeness (QED) is 0.205. The van der Waals surface area contributed by atoms with Crippen LogP contribution in [0.15, 0.2) is 41.6 Å². The van der Waals surface area contributed by atoms with Gasteiger partial charge in [-0.3, -0.25) is 18.4 Å². The Labute approximate surface area is 173 Å². The molecule has 0 aromatic heterocycles. The lowest BCUT2D eigenvalue weighted by Crippen LogP contribution is -2.25. The Bertz CT molecular complexity index is 830. The molecule has 1 aromatic rings. The van der Waals surface area contributed by atoms with Gasteiger partial charge in [0.1, 0.15) is 0 Å². The highest BCUT2D eigenvalue weighted by Gasteiger charge is 2.46. The molecule has 32 heavy (non-hydrogen) atoms. The minimum atomic E-state index is -6.07. The van der Waals surface area contributed by atoms with Gasteiger partial charge in [-0.2, -0.15) is 39.5 Å². The van der Waals surface area contributed by atoms with Gasteiger partial charge in [0.15, 0.2) is 19.8 Å². The first-order valence-corrected chi connectivity index (χ1v) is 9.48. The van der Waals surface area contributed by atoms with E-state index in [0.29, 0.717) is 0 Å². The first-order chi connectivity index (χ1) is 14.4. The smallest absolute Gasteiger partial charge is 0.422 e. The Morgan fingerprint density at radius 1 is 0.844 bits per heavy atom. The summed E-state index contributed by atoms with van der Waals surface area (Å²) < 4.78 is 136. The van der Waals surface area contributed by atoms with E-state index in [1.54, 1.807) is 0 Å². The molecule has 0 aliphatic heterocycles. The van der Waals surface area contributed by atoms with Gasteiger partial charge in [0.25, 0.3) is 11.9 Å². The fraction of sp³-hybridized carbons (Fsp3) is 0.400. The van der Waals surface area contributed by atoms with E-state index in [4.69, 9.17) is 0 Å². The standard InChI is InChI=1S/C15H13F9NO6P/c16-13(17,18)6-29-12(27)10(11(26)25-9-4-2-1-3-5-9)32(28,30-7-14(19,20)21)31-8-15(22,23)24/h1-5,27H,6-8H2,(H,25,26)/b12-10-. The molecule has 17 heteroatoms. The molecule has 2 N–H and O–H groups in total. The summed E-state index contributed by atoms with van der Waals surface area (Å²) in [6, 6.07) is 6.32. The van der Waals surface area contributed by atoms with Crippen molar-refractivity contribution in [1.29, 1.82) is 0 Å². The van der Waals surface area contributed by atoms with Gasteiger partial charge in [-0.1, -0.05) is 18.2 Å². The van der Waals surface area contributed by atoms with Crippen LogP contribution in [0.2, 0.25) is 0 Å². The predicted octanol–water partition coefficient (Wildman–Crippen LogP) is 5.28. The van der Waals surface area contributed by atoms with Crippen molar-refractivity contribution in [1.82, 2.24) is 0 Å². The van der Waals surface area contributed by atoms with Crippen LogP contribution < -0.4 is 5.32 Å². The normalized spacial score (nSPS) is 14.0. The summed E-state index contributed by atoms with van der Waals surface area (Å²) in [7, 11) is -6.07. The van der Waals surface area contributed by atoms with Gasteiger partial charge in [0.2, 0.25) is 5.31 Å². The molecular formula is C15H13F9NO6P. The first-order valence-electron chi connectivity index (χ1n) is 7.94. The number of hydrogen-bond acceptors (Lipinski definition) is 6. The largest absolute Gasteiger partial charge is 0.480 e. The van der Waals surface area contributed by atoms with Gasteiger partial charge in [-0.25, -0.2) is 0 Å². The molecule has 0 saturated carbocycles. The average molecular weight is 505 g/mol. The number of para-hydroxylation sites is 1. The van der Waals surface area contributed by atoms with E-state index in [-0.39, 0.29) is 5.69 Å². The topological polar surface area (TPSA) is 94.1 Å². The third-order valence-corrected chi connectivity index (χ3v) is 4.77. The van der Waals surface area contributed by atoms with E-state index in [0.717, 1.165) is 12.1 Å². The Morgan fingerprint density at radius 3 is 1.69 bits per heavy atom. The minimum absolute atomic E-state index is 0.197. The van der Waals surface area contributed by atoms with E-state index in [1.165, 1.54) is 18.2 Å². The fourth-order valence-electron chi connectivity index (χ4n) is 1.75. The molecule has 182 valence electrons. The van der Waals surface area contributed by atoms with Crippen LogP contribution in [0.3, 0.4) is 0 Å². The molecule has 7 nitrogen and oxygen atoms in total. The van der Waals surface area contributed by atoms with Gasteiger partial charge in [-0.05, 0) is 12.1 Å². The van der Waals surface area contributed by atoms with E-state index in [2.05, 4.69) is 13.8 Å². The molecule has 0 heterocycles. The van der Waals surface area contributed by atoms with Crippen molar-refractivity contribution >= 4 is 19.2 Å². The van der Waals surface area contributed by atoms with E-state index >= 15 is 0 Å². The number of aliphatic hydroxyl groups is 1. The number of alkyl halides is 9. The molecule has 0 spiro atoms. The molecule has 0 bridgehead atoms. The zero-order chi connectivity index (χ0) is 24.8. The lowest BCUT2D eigenvalue weighted by Gasteiger charge is -2.23. The van der Waals surface area contributed by atoms with Gasteiger partial charge in [0.05, 0.1) is 0 Å². The molecule has 0 unspecified atom stereocenters. The van der Waals surface area contributed by atoms with Crippen LogP contribution in [0.4, 0.5) is 45.2 Å². The summed E-state index contributed by atoms with van der Waals surface area (Å²) in [5, 5.41) is 9.48. The van der Waals surface area contributed by atoms with E-state index < -0.39 is 63.1 Å². The van der Waals surface area contributed by atoms with Crippen molar-refractivity contribution in [3.8, 4) is 0 Å². The molecule has 1 rings (SSSR count). The van der Waals surface area contributed by atoms with E-state index in [9.17, 15) is 54.0 Å². The summed E-state index contributed by atoms with van der Waals surface area (Å²) in [4.78, 5) is 12.4. The molecule has 0 radical (unpaired) electrons. The molecule has 0 aliphatic carbocycles. The number of nitrogens with one attached hydrogen (secondary N) is 1. The molecule has 0 aliphatic rings. The summed E-state index contributed by atoms with van der Waals surface area (Å²) in [5.41, 5.74) is -0.197. The minimum Gasteiger partial charge on any atom is -0.480 e. The van der Waals surface area contributed by atoms with Crippen LogP contribution in [0.25, 0.3) is 0 Å². The average Bonchev–Trinajstić information content (AvgIpc) is 2.63. The van der Waals surface area contributed by atoms with Crippen molar-refractivity contribution in [3.63, 3.8) is 0 Å². The maximum Gasteiger partial charge on any atom is 0.422 e. The monoisotopic (exact) mass is 505 g/mol. The first kappa shape index (κ1) is 27.6. The summed E-state index contributed by atoms with van der Waals surface area (Å²) in [5.74, 6) is -4.13. The number of anilines is 1. The van der Waals surface area contributed by atoms with Gasteiger partial charge >= 0.3 is 26.1 Å². The second-order valence-corrected chi connectivity index (χ2v) is 7.61. The van der Waals surface area contributed by atoms with Crippen LogP contribution in [0, 0.1) is 0 Å². The number of amides is 1. The van der Waals surface area contributed by atoms with Crippen molar-refractivity contribution in [2.45, 2.75) is 18.5 Å². The Balaban J connectivity index is 3.45. The van der Waals surface area contributed by atoms with Crippen molar-refractivity contribution in [2.75, 3.05) is 25.1 Å². The Kier molecular flexibility index (Phi) is 9.00. The second kappa shape index (κ2) is 10.4. The number of carbonyl (C=O) groups is 1. The lowest BCUT2D eigenvalue weighted by molar-refractivity contribution is -0.173. The number of aliphatic hydroxyl groups excluding tert-OH is 1. The number of rotatable bonds is 9. The molecule has 0 atom stereocenters. The van der Waals surface area contributed by atoms with Crippen molar-refractivity contribution in [3.05, 3.63) is 41.6 Å². The maximum atomic E-state index is 12.7. The van der Waals surface area contributed by atoms with Crippen LogP contribution >= 0.6 is 7.60 Å². The van der Waals surface area contributed by atoms with Gasteiger partial charge in [-0.15, -0.1) is 0 Å². The lowest BCUT2D eigenvalue weighted by atomic mass is 10.3. The highest BCUT2D eigenvalue weighted by atomic mass is 31.2. The second-order valence-electron chi connectivity index (χ2n) is 5.65. The van der Waals surface area contributed by atoms with Crippen LogP contribution in [0.5, 0.6) is 0 Å². The highest BCUT2D eigenvalue weighted by molar-refractivity contribution is 7.60. The number of hydrogen-bond donors (Lipinski definition) is 2. The third kappa shape index (κ3) is 10.2. The molecule has 0 fully saturated rings. The zero-order valence-corrected chi connectivity index (χ0v) is 16.2. The van der Waals surface area contributed by atoms with Crippen molar-refractivity contribution in [2.24, 2.45) is 0 Å². The summed E-state index contributed by atoms with van der Waals surface area (Å²) in [6.45, 7) is -7.44. The highest BCUT2D eigenvalue weighted by Crippen LogP contribution is 2.58. The Morgan fingerprint density at radius 2 is 1.28 bits per heavy atom. The van der Waals surface area contributed by atoms with Crippen LogP contribution in [-0.4, -0.2) is 49.4 Å². The van der Waals surface area contributed by atoms with E-state index in [1.807, 2.05) is 5.32 Å². The fourth-order valence-corrected chi connectivity index (χ4v) is 3.32. The third-order valence-electron chi connectivity index (χ3n) is 2.89. The van der Waals surface area contributed by atoms with Gasteiger partial charge in [0, 0.05) is 5.69 Å². The summed E-state index contributed by atoms with van der Waals surface area (Å²) >= 11 is 0. The van der Waals surface area contributed by atoms with Gasteiger partial charge < -0.3 is 15.2 Å². The van der Waals surface area contributed by atoms with Crippen LogP contribution in [0.1, 0.15) is 0 Å². The Hall–Kier alpha value is -2.45. The SMILES string of the molecule is O=C(Nc1ccccc1)/C(=C(\O)OCC(F)(F)F)P(=O)(OCC(F)(F)F)OCC(F)(F)F. The number of ether oxygens (including phenoxy) is 1. The maximum absolute atomic E-state index is 12.7. The summed E-state index contributed by atoms with van der Waals surface area (Å²) in [6.07, 6.45) is -15.8. The van der Waals surface area contributed by atoms with Crippen molar-refractivity contribution < 1.29 is 67.8 Å². The molecular weight excluding hydrogens is 492 g/mol. The zero-order valence-electron chi connectivity index (χ0n) is 15.3. The number of benzene rings is 1. The molecule has 1 amide bonds. The molecule has 1 aromatic carbocycles. The predicted molar refractivity (Wildman–Crippen MR) is 88.4 cm³/mol.